The normalized spacial score (nSPS) is 12.1. The van der Waals surface area contributed by atoms with Crippen LogP contribution in [0.3, 0.4) is 0 Å². The van der Waals surface area contributed by atoms with Gasteiger partial charge in [0.05, 0.1) is 18.4 Å². The molecule has 1 atom stereocenters. The molecule has 8 nitrogen and oxygen atoms in total. The SMILES string of the molecule is COC(=O)C(Cc1ccccc1)NC(=O)CSc1nnc2c3ccccc3n(C)c2n1. The third-order valence-corrected chi connectivity index (χ3v) is 5.76. The highest BCUT2D eigenvalue weighted by Crippen LogP contribution is 2.25. The molecule has 158 valence electrons. The fraction of sp³-hybridized carbons (Fsp3) is 0.227. The molecule has 0 radical (unpaired) electrons. The Bertz CT molecular complexity index is 1240. The summed E-state index contributed by atoms with van der Waals surface area (Å²) >= 11 is 1.17. The number of ether oxygens (including phenoxy) is 1. The third-order valence-electron chi connectivity index (χ3n) is 4.92. The summed E-state index contributed by atoms with van der Waals surface area (Å²) in [6, 6.07) is 16.6. The molecule has 2 aromatic carbocycles. The second-order valence-electron chi connectivity index (χ2n) is 6.96. The lowest BCUT2D eigenvalue weighted by Crippen LogP contribution is -2.43. The molecule has 1 unspecified atom stereocenters. The molecule has 2 heterocycles. The number of nitrogens with one attached hydrogen (secondary N) is 1. The quantitative estimate of drug-likeness (QED) is 0.352. The molecule has 1 N–H and O–H groups in total. The minimum atomic E-state index is -0.764. The molecule has 2 aromatic heterocycles. The number of benzene rings is 2. The Hall–Kier alpha value is -3.46. The van der Waals surface area contributed by atoms with Gasteiger partial charge in [-0.15, -0.1) is 10.2 Å². The number of hydrogen-bond acceptors (Lipinski definition) is 7. The molecular formula is C22H21N5O3S. The van der Waals surface area contributed by atoms with E-state index in [0.29, 0.717) is 17.2 Å². The van der Waals surface area contributed by atoms with Gasteiger partial charge in [-0.2, -0.15) is 0 Å². The molecule has 0 saturated carbocycles. The van der Waals surface area contributed by atoms with E-state index >= 15 is 0 Å². The van der Waals surface area contributed by atoms with E-state index in [1.807, 2.05) is 66.2 Å². The summed E-state index contributed by atoms with van der Waals surface area (Å²) in [5, 5.41) is 12.6. The summed E-state index contributed by atoms with van der Waals surface area (Å²) in [5.74, 6) is -0.742. The maximum absolute atomic E-state index is 12.5. The Morgan fingerprint density at radius 2 is 1.84 bits per heavy atom. The summed E-state index contributed by atoms with van der Waals surface area (Å²) in [6.45, 7) is 0. The number of para-hydroxylation sites is 1. The Morgan fingerprint density at radius 1 is 1.10 bits per heavy atom. The lowest BCUT2D eigenvalue weighted by atomic mass is 10.1. The average Bonchev–Trinajstić information content (AvgIpc) is 3.09. The van der Waals surface area contributed by atoms with Crippen molar-refractivity contribution in [2.75, 3.05) is 12.9 Å². The topological polar surface area (TPSA) is 99.0 Å². The van der Waals surface area contributed by atoms with Crippen LogP contribution in [-0.2, 0) is 27.8 Å². The van der Waals surface area contributed by atoms with Crippen molar-refractivity contribution < 1.29 is 14.3 Å². The van der Waals surface area contributed by atoms with Crippen molar-refractivity contribution in [2.45, 2.75) is 17.6 Å². The number of methoxy groups -OCH3 is 1. The molecule has 1 amide bonds. The Balaban J connectivity index is 1.44. The first-order valence-corrected chi connectivity index (χ1v) is 10.7. The number of rotatable bonds is 7. The molecule has 0 fully saturated rings. The predicted molar refractivity (Wildman–Crippen MR) is 119 cm³/mol. The van der Waals surface area contributed by atoms with Gasteiger partial charge in [0.1, 0.15) is 11.6 Å². The number of aryl methyl sites for hydroxylation is 1. The van der Waals surface area contributed by atoms with Crippen LogP contribution in [0.15, 0.2) is 59.8 Å². The molecule has 0 aliphatic rings. The van der Waals surface area contributed by atoms with Gasteiger partial charge in [0.15, 0.2) is 5.65 Å². The first-order chi connectivity index (χ1) is 15.1. The van der Waals surface area contributed by atoms with Crippen LogP contribution in [0.25, 0.3) is 22.1 Å². The minimum absolute atomic E-state index is 0.0550. The maximum atomic E-state index is 12.5. The smallest absolute Gasteiger partial charge is 0.328 e. The van der Waals surface area contributed by atoms with Gasteiger partial charge in [0.2, 0.25) is 11.1 Å². The minimum Gasteiger partial charge on any atom is -0.467 e. The van der Waals surface area contributed by atoms with Crippen LogP contribution in [-0.4, -0.2) is 50.5 Å². The van der Waals surface area contributed by atoms with Crippen LogP contribution in [0.1, 0.15) is 5.56 Å². The van der Waals surface area contributed by atoms with E-state index in [2.05, 4.69) is 20.5 Å². The van der Waals surface area contributed by atoms with Crippen molar-refractivity contribution in [1.82, 2.24) is 25.1 Å². The molecule has 4 aromatic rings. The number of carbonyl (C=O) groups excluding carboxylic acids is 2. The fourth-order valence-corrected chi connectivity index (χ4v) is 4.00. The first kappa shape index (κ1) is 20.8. The van der Waals surface area contributed by atoms with E-state index in [-0.39, 0.29) is 11.7 Å². The highest BCUT2D eigenvalue weighted by molar-refractivity contribution is 7.99. The molecule has 4 rings (SSSR count). The number of hydrogen-bond donors (Lipinski definition) is 1. The van der Waals surface area contributed by atoms with E-state index in [1.165, 1.54) is 18.9 Å². The number of nitrogens with zero attached hydrogens (tertiary/aromatic N) is 4. The largest absolute Gasteiger partial charge is 0.467 e. The molecule has 9 heteroatoms. The molecule has 31 heavy (non-hydrogen) atoms. The lowest BCUT2D eigenvalue weighted by molar-refractivity contribution is -0.144. The Morgan fingerprint density at radius 3 is 2.61 bits per heavy atom. The van der Waals surface area contributed by atoms with Crippen LogP contribution in [0.4, 0.5) is 0 Å². The summed E-state index contributed by atoms with van der Waals surface area (Å²) in [7, 11) is 3.23. The zero-order valence-corrected chi connectivity index (χ0v) is 17.9. The maximum Gasteiger partial charge on any atom is 0.328 e. The molecule has 0 aliphatic heterocycles. The Labute approximate surface area is 183 Å². The number of fused-ring (bicyclic) bond motifs is 3. The van der Waals surface area contributed by atoms with Gasteiger partial charge in [-0.25, -0.2) is 9.78 Å². The van der Waals surface area contributed by atoms with E-state index in [1.54, 1.807) is 0 Å². The number of esters is 1. The van der Waals surface area contributed by atoms with Crippen LogP contribution in [0, 0.1) is 0 Å². The fourth-order valence-electron chi connectivity index (χ4n) is 3.40. The Kier molecular flexibility index (Phi) is 6.13. The predicted octanol–water partition coefficient (Wildman–Crippen LogP) is 2.51. The summed E-state index contributed by atoms with van der Waals surface area (Å²) in [5.41, 5.74) is 3.37. The molecule has 0 saturated heterocycles. The van der Waals surface area contributed by atoms with Crippen LogP contribution in [0.2, 0.25) is 0 Å². The van der Waals surface area contributed by atoms with Gasteiger partial charge in [0, 0.05) is 18.9 Å². The van der Waals surface area contributed by atoms with Crippen molar-refractivity contribution in [1.29, 1.82) is 0 Å². The number of carbonyl (C=O) groups is 2. The standard InChI is InChI=1S/C22H21N5O3S/c1-27-17-11-7-6-10-15(17)19-20(27)24-22(26-25-19)31-13-18(28)23-16(21(29)30-2)12-14-8-4-3-5-9-14/h3-11,16H,12-13H2,1-2H3,(H,23,28). The van der Waals surface area contributed by atoms with E-state index in [0.717, 1.165) is 22.0 Å². The number of amides is 1. The van der Waals surface area contributed by atoms with Crippen molar-refractivity contribution in [3.05, 3.63) is 60.2 Å². The molecule has 0 spiro atoms. The first-order valence-electron chi connectivity index (χ1n) is 9.68. The van der Waals surface area contributed by atoms with Crippen LogP contribution < -0.4 is 5.32 Å². The van der Waals surface area contributed by atoms with E-state index in [4.69, 9.17) is 4.74 Å². The summed E-state index contributed by atoms with van der Waals surface area (Å²) < 4.78 is 6.80. The third kappa shape index (κ3) is 4.51. The zero-order valence-electron chi connectivity index (χ0n) is 17.1. The van der Waals surface area contributed by atoms with Gasteiger partial charge >= 0.3 is 5.97 Å². The zero-order chi connectivity index (χ0) is 21.8. The van der Waals surface area contributed by atoms with Gasteiger partial charge in [-0.05, 0) is 11.6 Å². The average molecular weight is 436 g/mol. The van der Waals surface area contributed by atoms with Crippen molar-refractivity contribution in [3.63, 3.8) is 0 Å². The van der Waals surface area contributed by atoms with Crippen molar-refractivity contribution in [2.24, 2.45) is 7.05 Å². The van der Waals surface area contributed by atoms with Crippen molar-refractivity contribution in [3.8, 4) is 0 Å². The number of thioether (sulfide) groups is 1. The van der Waals surface area contributed by atoms with Gasteiger partial charge in [-0.3, -0.25) is 4.79 Å². The molecular weight excluding hydrogens is 414 g/mol. The molecule has 0 bridgehead atoms. The van der Waals surface area contributed by atoms with Crippen LogP contribution in [0.5, 0.6) is 0 Å². The van der Waals surface area contributed by atoms with Crippen molar-refractivity contribution >= 4 is 45.7 Å². The van der Waals surface area contributed by atoms with Gasteiger partial charge in [-0.1, -0.05) is 60.3 Å². The molecule has 0 aliphatic carbocycles. The van der Waals surface area contributed by atoms with Crippen LogP contribution >= 0.6 is 11.8 Å². The number of aromatic nitrogens is 4. The van der Waals surface area contributed by atoms with E-state index < -0.39 is 12.0 Å². The highest BCUT2D eigenvalue weighted by Gasteiger charge is 2.22. The van der Waals surface area contributed by atoms with Gasteiger partial charge < -0.3 is 14.6 Å². The summed E-state index contributed by atoms with van der Waals surface area (Å²) in [4.78, 5) is 29.2. The monoisotopic (exact) mass is 435 g/mol. The highest BCUT2D eigenvalue weighted by atomic mass is 32.2. The second kappa shape index (κ2) is 9.13. The summed E-state index contributed by atoms with van der Waals surface area (Å²) in [6.07, 6.45) is 0.351. The second-order valence-corrected chi connectivity index (χ2v) is 7.91. The van der Waals surface area contributed by atoms with Gasteiger partial charge in [0.25, 0.3) is 0 Å². The lowest BCUT2D eigenvalue weighted by Gasteiger charge is -2.16. The van der Waals surface area contributed by atoms with E-state index in [9.17, 15) is 9.59 Å².